The van der Waals surface area contributed by atoms with E-state index < -0.39 is 0 Å². The number of aromatic nitrogens is 1. The number of rotatable bonds is 12. The van der Waals surface area contributed by atoms with Crippen molar-refractivity contribution >= 4 is 16.8 Å². The number of benzene rings is 3. The molecule has 222 valence electrons. The third kappa shape index (κ3) is 7.49. The SMILES string of the molecule is COc1cccc2c(C(=O)NCc3ccccc3C)cn(CCCN3CCCN(CCOc4ccc(F)cc4)CC3)c12. The highest BCUT2D eigenvalue weighted by atomic mass is 19.1. The zero-order chi connectivity index (χ0) is 29.3. The molecule has 0 unspecified atom stereocenters. The minimum Gasteiger partial charge on any atom is -0.495 e. The number of methoxy groups -OCH3 is 1. The summed E-state index contributed by atoms with van der Waals surface area (Å²) in [6.07, 6.45) is 4.06. The molecule has 0 spiro atoms. The van der Waals surface area contributed by atoms with Gasteiger partial charge in [-0.25, -0.2) is 4.39 Å². The van der Waals surface area contributed by atoms with Gasteiger partial charge in [-0.3, -0.25) is 9.69 Å². The topological polar surface area (TPSA) is 59.0 Å². The van der Waals surface area contributed by atoms with E-state index >= 15 is 0 Å². The Morgan fingerprint density at radius 2 is 1.67 bits per heavy atom. The molecule has 1 saturated heterocycles. The van der Waals surface area contributed by atoms with Crippen molar-refractivity contribution in [3.8, 4) is 11.5 Å². The van der Waals surface area contributed by atoms with E-state index in [1.807, 2.05) is 42.6 Å². The minimum absolute atomic E-state index is 0.0775. The lowest BCUT2D eigenvalue weighted by molar-refractivity contribution is 0.0952. The molecule has 0 saturated carbocycles. The molecule has 1 fully saturated rings. The number of carbonyl (C=O) groups excluding carboxylic acids is 1. The second-order valence-corrected chi connectivity index (χ2v) is 10.9. The van der Waals surface area contributed by atoms with Crippen LogP contribution in [0.3, 0.4) is 0 Å². The average molecular weight is 573 g/mol. The summed E-state index contributed by atoms with van der Waals surface area (Å²) in [5.74, 6) is 1.15. The quantitative estimate of drug-likeness (QED) is 0.243. The van der Waals surface area contributed by atoms with Crippen molar-refractivity contribution in [3.63, 3.8) is 0 Å². The van der Waals surface area contributed by atoms with Crippen LogP contribution in [0.4, 0.5) is 4.39 Å². The largest absolute Gasteiger partial charge is 0.495 e. The van der Waals surface area contributed by atoms with E-state index in [0.29, 0.717) is 24.5 Å². The van der Waals surface area contributed by atoms with Crippen molar-refractivity contribution in [2.45, 2.75) is 32.9 Å². The highest BCUT2D eigenvalue weighted by Crippen LogP contribution is 2.30. The molecule has 7 nitrogen and oxygen atoms in total. The van der Waals surface area contributed by atoms with Gasteiger partial charge in [0.25, 0.3) is 5.91 Å². The Morgan fingerprint density at radius 1 is 0.905 bits per heavy atom. The number of ether oxygens (including phenoxy) is 2. The third-order valence-corrected chi connectivity index (χ3v) is 8.07. The van der Waals surface area contributed by atoms with Gasteiger partial charge in [0.15, 0.2) is 0 Å². The van der Waals surface area contributed by atoms with Gasteiger partial charge in [0.2, 0.25) is 0 Å². The van der Waals surface area contributed by atoms with Gasteiger partial charge in [-0.1, -0.05) is 36.4 Å². The molecular weight excluding hydrogens is 531 g/mol. The predicted molar refractivity (Wildman–Crippen MR) is 165 cm³/mol. The normalized spacial score (nSPS) is 14.5. The fourth-order valence-corrected chi connectivity index (χ4v) is 5.69. The zero-order valence-electron chi connectivity index (χ0n) is 24.7. The van der Waals surface area contributed by atoms with Gasteiger partial charge in [-0.05, 0) is 80.9 Å². The molecule has 1 aromatic heterocycles. The molecule has 1 N–H and O–H groups in total. The van der Waals surface area contributed by atoms with E-state index in [-0.39, 0.29) is 11.7 Å². The third-order valence-electron chi connectivity index (χ3n) is 8.07. The van der Waals surface area contributed by atoms with Gasteiger partial charge >= 0.3 is 0 Å². The fourth-order valence-electron chi connectivity index (χ4n) is 5.69. The monoisotopic (exact) mass is 572 g/mol. The number of para-hydroxylation sites is 1. The summed E-state index contributed by atoms with van der Waals surface area (Å²) in [6, 6.07) is 20.2. The molecule has 8 heteroatoms. The minimum atomic E-state index is -0.251. The summed E-state index contributed by atoms with van der Waals surface area (Å²) in [4.78, 5) is 18.3. The van der Waals surface area contributed by atoms with Gasteiger partial charge in [-0.15, -0.1) is 0 Å². The number of fused-ring (bicyclic) bond motifs is 1. The molecule has 0 atom stereocenters. The first kappa shape index (κ1) is 29.6. The first-order valence-corrected chi connectivity index (χ1v) is 14.8. The predicted octanol–water partition coefficient (Wildman–Crippen LogP) is 5.50. The number of hydrogen-bond donors (Lipinski definition) is 1. The summed E-state index contributed by atoms with van der Waals surface area (Å²) in [5.41, 5.74) is 3.91. The lowest BCUT2D eigenvalue weighted by atomic mass is 10.1. The maximum Gasteiger partial charge on any atom is 0.253 e. The molecule has 0 bridgehead atoms. The van der Waals surface area contributed by atoms with E-state index in [9.17, 15) is 9.18 Å². The van der Waals surface area contributed by atoms with Crippen molar-refractivity contribution in [1.29, 1.82) is 0 Å². The molecule has 3 aromatic carbocycles. The number of halogens is 1. The standard InChI is InChI=1S/C34H41FN4O3/c1-26-8-3-4-9-27(26)24-36-34(40)31-25-39(33-30(31)10-5-11-32(33)41-2)19-7-18-37-16-6-17-38(21-20-37)22-23-42-29-14-12-28(35)13-15-29/h3-5,8-15,25H,6-7,16-24H2,1-2H3,(H,36,40). The molecule has 2 heterocycles. The van der Waals surface area contributed by atoms with Gasteiger partial charge in [0.1, 0.15) is 23.9 Å². The molecular formula is C34H41FN4O3. The summed E-state index contributed by atoms with van der Waals surface area (Å²) >= 11 is 0. The number of nitrogens with zero attached hydrogens (tertiary/aromatic N) is 3. The number of hydrogen-bond acceptors (Lipinski definition) is 5. The Balaban J connectivity index is 1.15. The molecule has 0 radical (unpaired) electrons. The zero-order valence-corrected chi connectivity index (χ0v) is 24.7. The second-order valence-electron chi connectivity index (χ2n) is 10.9. The van der Waals surface area contributed by atoms with Crippen molar-refractivity contribution in [2.75, 3.05) is 53.0 Å². The molecule has 1 aliphatic heterocycles. The lowest BCUT2D eigenvalue weighted by Gasteiger charge is -2.22. The van der Waals surface area contributed by atoms with Crippen molar-refractivity contribution in [1.82, 2.24) is 19.7 Å². The van der Waals surface area contributed by atoms with Gasteiger partial charge in [0, 0.05) is 44.3 Å². The number of aryl methyl sites for hydroxylation is 2. The van der Waals surface area contributed by atoms with E-state index in [2.05, 4.69) is 32.7 Å². The Bertz CT molecular complexity index is 1470. The van der Waals surface area contributed by atoms with Crippen LogP contribution in [0.5, 0.6) is 11.5 Å². The molecule has 42 heavy (non-hydrogen) atoms. The maximum atomic E-state index is 13.3. The number of nitrogens with one attached hydrogen (secondary N) is 1. The first-order chi connectivity index (χ1) is 20.5. The Kier molecular flexibility index (Phi) is 10.1. The molecule has 4 aromatic rings. The van der Waals surface area contributed by atoms with E-state index in [4.69, 9.17) is 9.47 Å². The summed E-state index contributed by atoms with van der Waals surface area (Å²) in [7, 11) is 1.68. The Labute approximate surface area is 247 Å². The Hall–Kier alpha value is -3.88. The molecule has 1 amide bonds. The van der Waals surface area contributed by atoms with Crippen LogP contribution in [-0.4, -0.2) is 73.3 Å². The molecule has 1 aliphatic rings. The first-order valence-electron chi connectivity index (χ1n) is 14.8. The Morgan fingerprint density at radius 3 is 2.43 bits per heavy atom. The van der Waals surface area contributed by atoms with Crippen LogP contribution in [0.15, 0.2) is 72.9 Å². The van der Waals surface area contributed by atoms with Crippen LogP contribution in [0.2, 0.25) is 0 Å². The van der Waals surface area contributed by atoms with Gasteiger partial charge < -0.3 is 24.3 Å². The van der Waals surface area contributed by atoms with Crippen molar-refractivity contribution in [3.05, 3.63) is 95.4 Å². The molecule has 0 aliphatic carbocycles. The highest BCUT2D eigenvalue weighted by molar-refractivity contribution is 6.08. The smallest absolute Gasteiger partial charge is 0.253 e. The fraction of sp³-hybridized carbons (Fsp3) is 0.382. The molecule has 5 rings (SSSR count). The number of carbonyl (C=O) groups is 1. The average Bonchev–Trinajstić information content (AvgIpc) is 3.23. The van der Waals surface area contributed by atoms with Crippen LogP contribution in [0, 0.1) is 12.7 Å². The maximum absolute atomic E-state index is 13.3. The van der Waals surface area contributed by atoms with Gasteiger partial charge in [-0.2, -0.15) is 0 Å². The summed E-state index contributed by atoms with van der Waals surface area (Å²) in [5, 5.41) is 4.02. The van der Waals surface area contributed by atoms with E-state index in [0.717, 1.165) is 86.4 Å². The summed E-state index contributed by atoms with van der Waals surface area (Å²) in [6.45, 7) is 9.91. The van der Waals surface area contributed by atoms with Crippen LogP contribution >= 0.6 is 0 Å². The van der Waals surface area contributed by atoms with Crippen LogP contribution in [0.1, 0.15) is 34.3 Å². The number of amides is 1. The second kappa shape index (κ2) is 14.3. The van der Waals surface area contributed by atoms with Crippen molar-refractivity contribution in [2.24, 2.45) is 0 Å². The van der Waals surface area contributed by atoms with E-state index in [1.54, 1.807) is 19.2 Å². The van der Waals surface area contributed by atoms with Gasteiger partial charge in [0.05, 0.1) is 18.2 Å². The van der Waals surface area contributed by atoms with Crippen molar-refractivity contribution < 1.29 is 18.7 Å². The van der Waals surface area contributed by atoms with Crippen LogP contribution < -0.4 is 14.8 Å². The highest BCUT2D eigenvalue weighted by Gasteiger charge is 2.19. The van der Waals surface area contributed by atoms with Crippen LogP contribution in [0.25, 0.3) is 10.9 Å². The van der Waals surface area contributed by atoms with E-state index in [1.165, 1.54) is 12.1 Å². The summed E-state index contributed by atoms with van der Waals surface area (Å²) < 4.78 is 26.8. The van der Waals surface area contributed by atoms with Crippen LogP contribution in [-0.2, 0) is 13.1 Å². The lowest BCUT2D eigenvalue weighted by Crippen LogP contribution is -2.33.